The Morgan fingerprint density at radius 3 is 2.45 bits per heavy atom. The predicted octanol–water partition coefficient (Wildman–Crippen LogP) is 2.21. The maximum absolute atomic E-state index is 13.7. The van der Waals surface area contributed by atoms with E-state index in [9.17, 15) is 19.2 Å². The molecule has 2 aromatic rings. The van der Waals surface area contributed by atoms with Crippen molar-refractivity contribution in [2.75, 3.05) is 11.4 Å². The summed E-state index contributed by atoms with van der Waals surface area (Å²) in [4.78, 5) is 52.6. The normalized spacial score (nSPS) is 23.2. The van der Waals surface area contributed by atoms with Crippen LogP contribution in [0.3, 0.4) is 0 Å². The number of Topliss-reactive ketones (excluding diaryl/α,β-unsaturated/α-hetero) is 1. The monoisotopic (exact) mass is 437 g/mol. The molecule has 8 heteroatoms. The molecule has 2 aliphatic rings. The number of anilines is 1. The Bertz CT molecular complexity index is 1030. The first kappa shape index (κ1) is 21.1. The molecule has 3 N–H and O–H groups in total. The number of hydrogen-bond acceptors (Lipinski definition) is 5. The summed E-state index contributed by atoms with van der Waals surface area (Å²) >= 11 is 1.44. The van der Waals surface area contributed by atoms with Crippen LogP contribution in [-0.4, -0.2) is 36.1 Å². The zero-order valence-corrected chi connectivity index (χ0v) is 17.6. The Morgan fingerprint density at radius 2 is 1.77 bits per heavy atom. The number of nitrogens with two attached hydrogens (primary N) is 1. The molecule has 1 heterocycles. The molecular weight excluding hydrogens is 414 g/mol. The molecule has 2 aromatic carbocycles. The highest BCUT2D eigenvalue weighted by atomic mass is 32.2. The average molecular weight is 438 g/mol. The van der Waals surface area contributed by atoms with Crippen LogP contribution < -0.4 is 16.0 Å². The fourth-order valence-corrected chi connectivity index (χ4v) is 5.45. The Labute approximate surface area is 184 Å². The van der Waals surface area contributed by atoms with Crippen molar-refractivity contribution < 1.29 is 19.2 Å². The molecule has 4 rings (SSSR count). The Hall–Kier alpha value is -3.13. The van der Waals surface area contributed by atoms with Crippen LogP contribution >= 0.6 is 11.8 Å². The van der Waals surface area contributed by atoms with Crippen molar-refractivity contribution >= 4 is 41.0 Å². The summed E-state index contributed by atoms with van der Waals surface area (Å²) in [6.45, 7) is -0.299. The molecule has 7 nitrogen and oxygen atoms in total. The minimum absolute atomic E-state index is 0.0974. The van der Waals surface area contributed by atoms with Crippen molar-refractivity contribution in [3.63, 3.8) is 0 Å². The molecule has 0 spiro atoms. The molecule has 1 saturated carbocycles. The summed E-state index contributed by atoms with van der Waals surface area (Å²) in [5, 5.41) is 2.41. The number of ketones is 1. The number of nitrogens with zero attached hydrogens (tertiary/aromatic N) is 1. The van der Waals surface area contributed by atoms with Gasteiger partial charge in [0.2, 0.25) is 11.8 Å². The number of benzene rings is 2. The minimum Gasteiger partial charge on any atom is -0.368 e. The zero-order valence-electron chi connectivity index (χ0n) is 16.8. The largest absolute Gasteiger partial charge is 0.368 e. The third-order valence-corrected chi connectivity index (χ3v) is 7.00. The maximum Gasteiger partial charge on any atom is 0.251 e. The van der Waals surface area contributed by atoms with Gasteiger partial charge in [-0.25, -0.2) is 0 Å². The van der Waals surface area contributed by atoms with E-state index < -0.39 is 34.9 Å². The highest BCUT2D eigenvalue weighted by molar-refractivity contribution is 7.99. The van der Waals surface area contributed by atoms with Crippen molar-refractivity contribution in [2.24, 2.45) is 11.7 Å². The van der Waals surface area contributed by atoms with Crippen LogP contribution in [0.5, 0.6) is 0 Å². The Morgan fingerprint density at radius 1 is 1.06 bits per heavy atom. The van der Waals surface area contributed by atoms with E-state index in [-0.39, 0.29) is 12.3 Å². The predicted molar refractivity (Wildman–Crippen MR) is 117 cm³/mol. The lowest BCUT2D eigenvalue weighted by atomic mass is 10.0. The molecule has 1 fully saturated rings. The molecule has 3 unspecified atom stereocenters. The second kappa shape index (κ2) is 8.93. The van der Waals surface area contributed by atoms with Crippen LogP contribution in [0.2, 0.25) is 0 Å². The number of nitrogens with one attached hydrogen (secondary N) is 1. The van der Waals surface area contributed by atoms with Gasteiger partial charge in [0.25, 0.3) is 5.91 Å². The number of amides is 3. The number of rotatable bonds is 5. The first-order chi connectivity index (χ1) is 15.0. The first-order valence-corrected chi connectivity index (χ1v) is 11.1. The lowest BCUT2D eigenvalue weighted by molar-refractivity contribution is -0.135. The van der Waals surface area contributed by atoms with Crippen LogP contribution in [0.25, 0.3) is 0 Å². The summed E-state index contributed by atoms with van der Waals surface area (Å²) in [6.07, 6.45) is 1.54. The smallest absolute Gasteiger partial charge is 0.251 e. The van der Waals surface area contributed by atoms with Gasteiger partial charge in [-0.05, 0) is 30.5 Å². The highest BCUT2D eigenvalue weighted by Gasteiger charge is 2.42. The number of para-hydroxylation sites is 1. The van der Waals surface area contributed by atoms with Crippen molar-refractivity contribution in [3.05, 3.63) is 60.2 Å². The summed E-state index contributed by atoms with van der Waals surface area (Å²) in [5.41, 5.74) is 6.87. The number of carbonyl (C=O) groups excluding carboxylic acids is 4. The van der Waals surface area contributed by atoms with Gasteiger partial charge in [0.15, 0.2) is 0 Å². The van der Waals surface area contributed by atoms with E-state index in [1.807, 2.05) is 42.5 Å². The lowest BCUT2D eigenvalue weighted by Gasteiger charge is -2.28. The third kappa shape index (κ3) is 4.34. The van der Waals surface area contributed by atoms with E-state index in [0.29, 0.717) is 24.9 Å². The second-order valence-electron chi connectivity index (χ2n) is 7.70. The molecule has 31 heavy (non-hydrogen) atoms. The van der Waals surface area contributed by atoms with E-state index in [2.05, 4.69) is 5.32 Å². The lowest BCUT2D eigenvalue weighted by Crippen LogP contribution is -2.53. The quantitative estimate of drug-likeness (QED) is 0.697. The molecule has 0 saturated heterocycles. The second-order valence-corrected chi connectivity index (χ2v) is 8.89. The van der Waals surface area contributed by atoms with Gasteiger partial charge in [-0.2, -0.15) is 0 Å². The molecule has 1 aliphatic carbocycles. The van der Waals surface area contributed by atoms with Gasteiger partial charge in [0.1, 0.15) is 18.4 Å². The molecule has 0 aromatic heterocycles. The molecular formula is C23H23N3O4S. The first-order valence-electron chi connectivity index (χ1n) is 10.2. The van der Waals surface area contributed by atoms with Gasteiger partial charge in [0, 0.05) is 11.3 Å². The number of primary amides is 1. The van der Waals surface area contributed by atoms with Crippen molar-refractivity contribution in [1.29, 1.82) is 0 Å². The standard InChI is InChI=1S/C23H23N3O4S/c24-19(28)13-26-16-10-4-5-12-18(16)31-21(14-7-2-1-3-8-14)20(23(26)30)25-22(29)15-9-6-11-17(15)27/h1-5,7-8,10,12,15,20-21H,6,9,11,13H2,(H2,24,28)(H,25,29). The molecule has 1 aliphatic heterocycles. The molecule has 3 atom stereocenters. The minimum atomic E-state index is -0.958. The van der Waals surface area contributed by atoms with Crippen molar-refractivity contribution in [2.45, 2.75) is 35.4 Å². The Balaban J connectivity index is 1.76. The van der Waals surface area contributed by atoms with Gasteiger partial charge in [-0.1, -0.05) is 42.5 Å². The molecule has 0 radical (unpaired) electrons. The number of thioether (sulfide) groups is 1. The summed E-state index contributed by atoms with van der Waals surface area (Å²) in [7, 11) is 0. The average Bonchev–Trinajstić information content (AvgIpc) is 3.16. The van der Waals surface area contributed by atoms with Gasteiger partial charge in [-0.15, -0.1) is 11.8 Å². The van der Waals surface area contributed by atoms with Gasteiger partial charge >= 0.3 is 0 Å². The van der Waals surface area contributed by atoms with Crippen LogP contribution in [0.15, 0.2) is 59.5 Å². The number of fused-ring (bicyclic) bond motifs is 1. The van der Waals surface area contributed by atoms with Crippen LogP contribution in [-0.2, 0) is 19.2 Å². The fraction of sp³-hybridized carbons (Fsp3) is 0.304. The van der Waals surface area contributed by atoms with E-state index in [1.165, 1.54) is 16.7 Å². The maximum atomic E-state index is 13.7. The van der Waals surface area contributed by atoms with Gasteiger partial charge in [0.05, 0.1) is 16.9 Å². The molecule has 3 amide bonds. The zero-order chi connectivity index (χ0) is 22.0. The SMILES string of the molecule is NC(=O)CN1C(=O)C(NC(=O)C2CCCC2=O)C(c2ccccc2)Sc2ccccc21. The van der Waals surface area contributed by atoms with Gasteiger partial charge < -0.3 is 16.0 Å². The van der Waals surface area contributed by atoms with Crippen LogP contribution in [0.1, 0.15) is 30.1 Å². The molecule has 0 bridgehead atoms. The van der Waals surface area contributed by atoms with Crippen LogP contribution in [0.4, 0.5) is 5.69 Å². The van der Waals surface area contributed by atoms with Crippen molar-refractivity contribution in [1.82, 2.24) is 5.32 Å². The summed E-state index contributed by atoms with van der Waals surface area (Å²) < 4.78 is 0. The van der Waals surface area contributed by atoms with E-state index in [4.69, 9.17) is 5.73 Å². The Kier molecular flexibility index (Phi) is 6.08. The van der Waals surface area contributed by atoms with Gasteiger partial charge in [-0.3, -0.25) is 19.2 Å². The van der Waals surface area contributed by atoms with E-state index >= 15 is 0 Å². The number of carbonyl (C=O) groups is 4. The molecule has 160 valence electrons. The number of hydrogen-bond donors (Lipinski definition) is 2. The summed E-state index contributed by atoms with van der Waals surface area (Å²) in [6, 6.07) is 15.7. The fourth-order valence-electron chi connectivity index (χ4n) is 4.11. The van der Waals surface area contributed by atoms with E-state index in [1.54, 1.807) is 12.1 Å². The summed E-state index contributed by atoms with van der Waals surface area (Å²) in [5.74, 6) is -2.34. The van der Waals surface area contributed by atoms with E-state index in [0.717, 1.165) is 10.5 Å². The topological polar surface area (TPSA) is 110 Å². The third-order valence-electron chi connectivity index (χ3n) is 5.61. The van der Waals surface area contributed by atoms with Crippen LogP contribution in [0, 0.1) is 5.92 Å². The van der Waals surface area contributed by atoms with Crippen molar-refractivity contribution in [3.8, 4) is 0 Å². The highest BCUT2D eigenvalue weighted by Crippen LogP contribution is 2.45.